The molecule has 0 atom stereocenters. The molecule has 0 bridgehead atoms. The van der Waals surface area contributed by atoms with Crippen molar-refractivity contribution in [3.8, 4) is 5.75 Å². The Labute approximate surface area is 199 Å². The standard InChI is InChI=1S/C23H20IN3O3S/c1-30-20-12-9-17(13-19(20)24)22(29)27-23(31)26-18-10-7-16(8-11-18)21(28)25-14-15-5-3-2-4-6-15/h2-13H,14H2,1H3,(H,25,28)(H2,26,27,29,31). The SMILES string of the molecule is COc1ccc(C(=O)NC(=S)Nc2ccc(C(=O)NCc3ccccc3)cc2)cc1I. The number of ether oxygens (including phenoxy) is 1. The third-order valence-electron chi connectivity index (χ3n) is 4.34. The van der Waals surface area contributed by atoms with Crippen LogP contribution in [0, 0.1) is 3.57 Å². The van der Waals surface area contributed by atoms with Crippen LogP contribution in [-0.2, 0) is 6.54 Å². The van der Waals surface area contributed by atoms with Gasteiger partial charge in [-0.2, -0.15) is 0 Å². The average Bonchev–Trinajstić information content (AvgIpc) is 2.78. The van der Waals surface area contributed by atoms with E-state index in [1.807, 2.05) is 30.3 Å². The van der Waals surface area contributed by atoms with Gasteiger partial charge in [0.25, 0.3) is 11.8 Å². The lowest BCUT2D eigenvalue weighted by atomic mass is 10.1. The summed E-state index contributed by atoms with van der Waals surface area (Å²) in [6, 6.07) is 21.7. The highest BCUT2D eigenvalue weighted by Gasteiger charge is 2.11. The van der Waals surface area contributed by atoms with Gasteiger partial charge in [0.1, 0.15) is 5.75 Å². The number of amides is 2. The molecule has 0 aliphatic rings. The Kier molecular flexibility index (Phi) is 7.96. The molecule has 8 heteroatoms. The van der Waals surface area contributed by atoms with Crippen LogP contribution >= 0.6 is 34.8 Å². The van der Waals surface area contributed by atoms with Crippen LogP contribution in [0.3, 0.4) is 0 Å². The van der Waals surface area contributed by atoms with E-state index in [9.17, 15) is 9.59 Å². The lowest BCUT2D eigenvalue weighted by Gasteiger charge is -2.11. The maximum absolute atomic E-state index is 12.4. The molecule has 158 valence electrons. The molecule has 0 saturated carbocycles. The van der Waals surface area contributed by atoms with Crippen LogP contribution < -0.4 is 20.7 Å². The van der Waals surface area contributed by atoms with Crippen LogP contribution in [-0.4, -0.2) is 24.0 Å². The molecule has 0 aliphatic carbocycles. The zero-order valence-corrected chi connectivity index (χ0v) is 19.6. The minimum absolute atomic E-state index is 0.164. The van der Waals surface area contributed by atoms with Crippen molar-refractivity contribution >= 4 is 57.4 Å². The van der Waals surface area contributed by atoms with Gasteiger partial charge in [0.05, 0.1) is 10.7 Å². The Bertz CT molecular complexity index is 1090. The van der Waals surface area contributed by atoms with Gasteiger partial charge in [-0.3, -0.25) is 14.9 Å². The molecule has 3 N–H and O–H groups in total. The van der Waals surface area contributed by atoms with Gasteiger partial charge >= 0.3 is 0 Å². The Morgan fingerprint density at radius 2 is 1.61 bits per heavy atom. The number of methoxy groups -OCH3 is 1. The summed E-state index contributed by atoms with van der Waals surface area (Å²) in [4.78, 5) is 24.7. The summed E-state index contributed by atoms with van der Waals surface area (Å²) in [6.07, 6.45) is 0. The van der Waals surface area contributed by atoms with Crippen molar-refractivity contribution < 1.29 is 14.3 Å². The van der Waals surface area contributed by atoms with Gasteiger partial charge in [-0.1, -0.05) is 30.3 Å². The number of nitrogens with one attached hydrogen (secondary N) is 3. The van der Waals surface area contributed by atoms with Crippen molar-refractivity contribution in [1.29, 1.82) is 0 Å². The second kappa shape index (κ2) is 10.9. The molecule has 0 saturated heterocycles. The fourth-order valence-corrected chi connectivity index (χ4v) is 3.68. The van der Waals surface area contributed by atoms with E-state index in [1.54, 1.807) is 49.6 Å². The first-order chi connectivity index (χ1) is 15.0. The highest BCUT2D eigenvalue weighted by Crippen LogP contribution is 2.21. The van der Waals surface area contributed by atoms with Crippen LogP contribution in [0.15, 0.2) is 72.8 Å². The number of anilines is 1. The van der Waals surface area contributed by atoms with E-state index >= 15 is 0 Å². The van der Waals surface area contributed by atoms with Crippen molar-refractivity contribution in [2.24, 2.45) is 0 Å². The number of benzene rings is 3. The van der Waals surface area contributed by atoms with Crippen molar-refractivity contribution in [1.82, 2.24) is 10.6 Å². The molecule has 0 spiro atoms. The highest BCUT2D eigenvalue weighted by molar-refractivity contribution is 14.1. The zero-order chi connectivity index (χ0) is 22.2. The Balaban J connectivity index is 1.53. The summed E-state index contributed by atoms with van der Waals surface area (Å²) in [5, 5.41) is 8.63. The second-order valence-corrected chi connectivity index (χ2v) is 8.07. The first-order valence-corrected chi connectivity index (χ1v) is 10.8. The lowest BCUT2D eigenvalue weighted by Crippen LogP contribution is -2.34. The second-order valence-electron chi connectivity index (χ2n) is 6.50. The van der Waals surface area contributed by atoms with Gasteiger partial charge in [0, 0.05) is 23.4 Å². The topological polar surface area (TPSA) is 79.5 Å². The molecular weight excluding hydrogens is 525 g/mol. The monoisotopic (exact) mass is 545 g/mol. The summed E-state index contributed by atoms with van der Waals surface area (Å²) in [7, 11) is 1.58. The van der Waals surface area contributed by atoms with Crippen LogP contribution in [0.1, 0.15) is 26.3 Å². The van der Waals surface area contributed by atoms with Crippen LogP contribution in [0.4, 0.5) is 5.69 Å². The van der Waals surface area contributed by atoms with E-state index in [0.29, 0.717) is 29.1 Å². The maximum atomic E-state index is 12.4. The van der Waals surface area contributed by atoms with E-state index in [4.69, 9.17) is 17.0 Å². The Morgan fingerprint density at radius 1 is 0.935 bits per heavy atom. The first kappa shape index (κ1) is 22.7. The highest BCUT2D eigenvalue weighted by atomic mass is 127. The number of rotatable bonds is 6. The number of halogens is 1. The molecule has 0 aliphatic heterocycles. The van der Waals surface area contributed by atoms with E-state index in [1.165, 1.54) is 0 Å². The number of hydrogen-bond donors (Lipinski definition) is 3. The molecule has 2 amide bonds. The van der Waals surface area contributed by atoms with Crippen LogP contribution in [0.25, 0.3) is 0 Å². The van der Waals surface area contributed by atoms with Crippen molar-refractivity contribution in [2.75, 3.05) is 12.4 Å². The molecule has 0 fully saturated rings. The molecule has 0 heterocycles. The third-order valence-corrected chi connectivity index (χ3v) is 5.39. The third kappa shape index (κ3) is 6.50. The van der Waals surface area contributed by atoms with Gasteiger partial charge in [-0.15, -0.1) is 0 Å². The Hall–Kier alpha value is -2.98. The molecule has 3 rings (SSSR count). The molecule has 0 aromatic heterocycles. The Morgan fingerprint density at radius 3 is 2.26 bits per heavy atom. The zero-order valence-electron chi connectivity index (χ0n) is 16.6. The van der Waals surface area contributed by atoms with Crippen molar-refractivity contribution in [2.45, 2.75) is 6.54 Å². The van der Waals surface area contributed by atoms with Crippen molar-refractivity contribution in [3.05, 3.63) is 93.1 Å². The number of carbonyl (C=O) groups excluding carboxylic acids is 2. The predicted molar refractivity (Wildman–Crippen MR) is 133 cm³/mol. The summed E-state index contributed by atoms with van der Waals surface area (Å²) >= 11 is 7.33. The van der Waals surface area contributed by atoms with Gasteiger partial charge in [0.15, 0.2) is 5.11 Å². The quantitative estimate of drug-likeness (QED) is 0.317. The predicted octanol–water partition coefficient (Wildman–Crippen LogP) is 4.36. The molecule has 3 aromatic carbocycles. The average molecular weight is 545 g/mol. The molecular formula is C23H20IN3O3S. The first-order valence-electron chi connectivity index (χ1n) is 9.34. The molecule has 0 radical (unpaired) electrons. The largest absolute Gasteiger partial charge is 0.496 e. The van der Waals surface area contributed by atoms with Gasteiger partial charge in [-0.25, -0.2) is 0 Å². The van der Waals surface area contributed by atoms with Crippen LogP contribution in [0.5, 0.6) is 5.75 Å². The van der Waals surface area contributed by atoms with E-state index in [2.05, 4.69) is 38.5 Å². The van der Waals surface area contributed by atoms with Gasteiger partial charge in [-0.05, 0) is 82.8 Å². The minimum Gasteiger partial charge on any atom is -0.496 e. The summed E-state index contributed by atoms with van der Waals surface area (Å²) in [6.45, 7) is 0.458. The molecule has 0 unspecified atom stereocenters. The van der Waals surface area contributed by atoms with Crippen molar-refractivity contribution in [3.63, 3.8) is 0 Å². The molecule has 3 aromatic rings. The number of carbonyl (C=O) groups is 2. The normalized spacial score (nSPS) is 10.1. The maximum Gasteiger partial charge on any atom is 0.257 e. The summed E-state index contributed by atoms with van der Waals surface area (Å²) in [5.41, 5.74) is 2.69. The fraction of sp³-hybridized carbons (Fsp3) is 0.0870. The van der Waals surface area contributed by atoms with Gasteiger partial charge in [0.2, 0.25) is 0 Å². The summed E-state index contributed by atoms with van der Waals surface area (Å²) < 4.78 is 6.02. The summed E-state index contributed by atoms with van der Waals surface area (Å²) in [5.74, 6) is 0.209. The number of thiocarbonyl (C=S) groups is 1. The minimum atomic E-state index is -0.324. The smallest absolute Gasteiger partial charge is 0.257 e. The molecule has 31 heavy (non-hydrogen) atoms. The van der Waals surface area contributed by atoms with E-state index in [-0.39, 0.29) is 16.9 Å². The molecule has 6 nitrogen and oxygen atoms in total. The van der Waals surface area contributed by atoms with E-state index < -0.39 is 0 Å². The lowest BCUT2D eigenvalue weighted by molar-refractivity contribution is 0.0948. The fourth-order valence-electron chi connectivity index (χ4n) is 2.73. The number of hydrogen-bond acceptors (Lipinski definition) is 4. The van der Waals surface area contributed by atoms with Gasteiger partial charge < -0.3 is 15.4 Å². The van der Waals surface area contributed by atoms with E-state index in [0.717, 1.165) is 9.13 Å². The van der Waals surface area contributed by atoms with Crippen LogP contribution in [0.2, 0.25) is 0 Å².